The Labute approximate surface area is 139 Å². The molecule has 0 radical (unpaired) electrons. The first-order valence-corrected chi connectivity index (χ1v) is 10.5. The fourth-order valence-corrected chi connectivity index (χ4v) is 5.01. The van der Waals surface area contributed by atoms with E-state index in [4.69, 9.17) is 0 Å². The van der Waals surface area contributed by atoms with E-state index in [9.17, 15) is 9.00 Å². The second-order valence-electron chi connectivity index (χ2n) is 6.29. The highest BCUT2D eigenvalue weighted by molar-refractivity contribution is 7.84. The van der Waals surface area contributed by atoms with Crippen molar-refractivity contribution in [2.75, 3.05) is 18.6 Å². The summed E-state index contributed by atoms with van der Waals surface area (Å²) < 4.78 is 11.2. The lowest BCUT2D eigenvalue weighted by Crippen LogP contribution is -2.48. The molecule has 2 rings (SSSR count). The molecule has 2 amide bonds. The van der Waals surface area contributed by atoms with Gasteiger partial charge in [-0.1, -0.05) is 25.3 Å². The van der Waals surface area contributed by atoms with Crippen LogP contribution in [0.1, 0.15) is 43.9 Å². The van der Waals surface area contributed by atoms with Crippen LogP contribution in [0.5, 0.6) is 0 Å². The summed E-state index contributed by atoms with van der Waals surface area (Å²) in [5.41, 5.74) is 0.0978. The predicted octanol–water partition coefficient (Wildman–Crippen LogP) is 3.02. The fourth-order valence-electron chi connectivity index (χ4n) is 3.24. The summed E-state index contributed by atoms with van der Waals surface area (Å²) >= 11 is 1.79. The van der Waals surface area contributed by atoms with Crippen LogP contribution in [0, 0.1) is 0 Å². The number of carbonyl (C=O) groups excluding carboxylic acids is 1. The zero-order valence-corrected chi connectivity index (χ0v) is 15.0. The maximum atomic E-state index is 12.1. The van der Waals surface area contributed by atoms with E-state index >= 15 is 0 Å². The molecule has 0 unspecified atom stereocenters. The normalized spacial score (nSPS) is 20.1. The van der Waals surface area contributed by atoms with E-state index in [0.29, 0.717) is 12.3 Å². The third-order valence-electron chi connectivity index (χ3n) is 4.30. The lowest BCUT2D eigenvalue weighted by molar-refractivity contribution is 0.228. The van der Waals surface area contributed by atoms with Crippen LogP contribution in [0.2, 0.25) is 0 Å². The fraction of sp³-hybridized carbons (Fsp3) is 0.688. The molecular formula is C16H26N2O2S2. The Hall–Kier alpha value is -0.880. The monoisotopic (exact) mass is 342 g/mol. The van der Waals surface area contributed by atoms with Gasteiger partial charge >= 0.3 is 6.03 Å². The van der Waals surface area contributed by atoms with Crippen LogP contribution < -0.4 is 10.6 Å². The molecule has 1 aliphatic carbocycles. The topological polar surface area (TPSA) is 58.2 Å². The van der Waals surface area contributed by atoms with Gasteiger partial charge in [-0.25, -0.2) is 4.79 Å². The minimum atomic E-state index is -0.894. The third kappa shape index (κ3) is 4.81. The highest BCUT2D eigenvalue weighted by atomic mass is 32.2. The SMILES string of the molecule is C[C@@H](C[S@@](C)=O)NC(=O)NCC1(c2cccs2)CCCCC1. The van der Waals surface area contributed by atoms with Crippen molar-refractivity contribution >= 4 is 28.2 Å². The molecule has 1 aromatic rings. The maximum absolute atomic E-state index is 12.1. The summed E-state index contributed by atoms with van der Waals surface area (Å²) in [6.07, 6.45) is 7.69. The van der Waals surface area contributed by atoms with Crippen LogP contribution in [-0.4, -0.2) is 34.8 Å². The number of nitrogens with one attached hydrogen (secondary N) is 2. The highest BCUT2D eigenvalue weighted by Gasteiger charge is 2.35. The molecule has 4 nitrogen and oxygen atoms in total. The number of rotatable bonds is 6. The van der Waals surface area contributed by atoms with Crippen LogP contribution >= 0.6 is 11.3 Å². The highest BCUT2D eigenvalue weighted by Crippen LogP contribution is 2.40. The zero-order valence-electron chi connectivity index (χ0n) is 13.4. The average Bonchev–Trinajstić information content (AvgIpc) is 3.00. The Balaban J connectivity index is 1.92. The van der Waals surface area contributed by atoms with Crippen LogP contribution in [-0.2, 0) is 16.2 Å². The van der Waals surface area contributed by atoms with E-state index < -0.39 is 10.8 Å². The molecule has 1 aromatic heterocycles. The Morgan fingerprint density at radius 3 is 2.73 bits per heavy atom. The molecule has 124 valence electrons. The molecular weight excluding hydrogens is 316 g/mol. The van der Waals surface area contributed by atoms with Crippen molar-refractivity contribution in [1.29, 1.82) is 0 Å². The molecule has 0 aromatic carbocycles. The molecule has 1 saturated carbocycles. The number of hydrogen-bond acceptors (Lipinski definition) is 3. The molecule has 2 N–H and O–H groups in total. The van der Waals surface area contributed by atoms with Crippen molar-refractivity contribution in [2.45, 2.75) is 50.5 Å². The minimum Gasteiger partial charge on any atom is -0.337 e. The maximum Gasteiger partial charge on any atom is 0.315 e. The van der Waals surface area contributed by atoms with Gasteiger partial charge in [-0.05, 0) is 31.2 Å². The largest absolute Gasteiger partial charge is 0.337 e. The number of carbonyl (C=O) groups is 1. The van der Waals surface area contributed by atoms with Gasteiger partial charge in [0.25, 0.3) is 0 Å². The van der Waals surface area contributed by atoms with Gasteiger partial charge in [0, 0.05) is 45.7 Å². The summed E-state index contributed by atoms with van der Waals surface area (Å²) in [4.78, 5) is 13.5. The van der Waals surface area contributed by atoms with Gasteiger partial charge in [0.2, 0.25) is 0 Å². The van der Waals surface area contributed by atoms with Gasteiger partial charge in [0.1, 0.15) is 0 Å². The summed E-state index contributed by atoms with van der Waals surface area (Å²) in [7, 11) is -0.894. The van der Waals surface area contributed by atoms with Crippen molar-refractivity contribution in [3.05, 3.63) is 22.4 Å². The Kier molecular flexibility index (Phi) is 6.44. The summed E-state index contributed by atoms with van der Waals surface area (Å²) in [5.74, 6) is 0.490. The molecule has 2 atom stereocenters. The van der Waals surface area contributed by atoms with Crippen LogP contribution in [0.25, 0.3) is 0 Å². The molecule has 0 spiro atoms. The lowest BCUT2D eigenvalue weighted by Gasteiger charge is -2.37. The van der Waals surface area contributed by atoms with E-state index in [1.54, 1.807) is 17.6 Å². The van der Waals surface area contributed by atoms with Crippen molar-refractivity contribution in [2.24, 2.45) is 0 Å². The van der Waals surface area contributed by atoms with Crippen LogP contribution in [0.4, 0.5) is 4.79 Å². The molecule has 6 heteroatoms. The second kappa shape index (κ2) is 8.11. The van der Waals surface area contributed by atoms with E-state index in [1.165, 1.54) is 24.1 Å². The Bertz CT molecular complexity index is 496. The standard InChI is InChI=1S/C16H26N2O2S2/c1-13(11-22(2)20)18-15(19)17-12-16(8-4-3-5-9-16)14-7-6-10-21-14/h6-7,10,13H,3-5,8-9,11-12H2,1-2H3,(H2,17,18,19)/t13-,22+/m0/s1. The van der Waals surface area contributed by atoms with Crippen molar-refractivity contribution in [1.82, 2.24) is 10.6 Å². The molecule has 22 heavy (non-hydrogen) atoms. The van der Waals surface area contributed by atoms with Crippen LogP contribution in [0.3, 0.4) is 0 Å². The van der Waals surface area contributed by atoms with Gasteiger partial charge < -0.3 is 10.6 Å². The van der Waals surface area contributed by atoms with Gasteiger partial charge in [-0.15, -0.1) is 11.3 Å². The number of hydrogen-bond donors (Lipinski definition) is 2. The lowest BCUT2D eigenvalue weighted by atomic mass is 9.73. The molecule has 0 bridgehead atoms. The van der Waals surface area contributed by atoms with Gasteiger partial charge in [-0.2, -0.15) is 0 Å². The summed E-state index contributed by atoms with van der Waals surface area (Å²) in [5, 5.41) is 8.03. The second-order valence-corrected chi connectivity index (χ2v) is 8.71. The molecule has 0 saturated heterocycles. The molecule has 1 aliphatic rings. The predicted molar refractivity (Wildman–Crippen MR) is 94.0 cm³/mol. The average molecular weight is 343 g/mol. The third-order valence-corrected chi connectivity index (χ3v) is 6.39. The number of thiophene rings is 1. The van der Waals surface area contributed by atoms with Crippen LogP contribution in [0.15, 0.2) is 17.5 Å². The summed E-state index contributed by atoms with van der Waals surface area (Å²) in [6, 6.07) is 4.06. The molecule has 1 fully saturated rings. The van der Waals surface area contributed by atoms with Gasteiger partial charge in [-0.3, -0.25) is 4.21 Å². The molecule has 0 aliphatic heterocycles. The quantitative estimate of drug-likeness (QED) is 0.835. The Morgan fingerprint density at radius 2 is 2.14 bits per heavy atom. The van der Waals surface area contributed by atoms with E-state index in [0.717, 1.165) is 12.8 Å². The Morgan fingerprint density at radius 1 is 1.41 bits per heavy atom. The first-order valence-electron chi connectivity index (χ1n) is 7.90. The summed E-state index contributed by atoms with van der Waals surface area (Å²) in [6.45, 7) is 2.57. The van der Waals surface area contributed by atoms with Crippen molar-refractivity contribution in [3.8, 4) is 0 Å². The van der Waals surface area contributed by atoms with E-state index in [-0.39, 0.29) is 17.5 Å². The minimum absolute atomic E-state index is 0.0742. The van der Waals surface area contributed by atoms with E-state index in [1.807, 2.05) is 6.92 Å². The first kappa shape index (κ1) is 17.5. The number of urea groups is 1. The first-order chi connectivity index (χ1) is 10.5. The molecule has 1 heterocycles. The number of amides is 2. The van der Waals surface area contributed by atoms with E-state index in [2.05, 4.69) is 28.1 Å². The van der Waals surface area contributed by atoms with Gasteiger partial charge in [0.05, 0.1) is 0 Å². The van der Waals surface area contributed by atoms with Crippen molar-refractivity contribution in [3.63, 3.8) is 0 Å². The van der Waals surface area contributed by atoms with Crippen molar-refractivity contribution < 1.29 is 9.00 Å². The van der Waals surface area contributed by atoms with Gasteiger partial charge in [0.15, 0.2) is 0 Å². The zero-order chi connectivity index (χ0) is 16.0. The smallest absolute Gasteiger partial charge is 0.315 e.